The minimum Gasteiger partial charge on any atom is -0.376 e. The molecule has 3 aromatic rings. The average Bonchev–Trinajstić information content (AvgIpc) is 3.07. The predicted molar refractivity (Wildman–Crippen MR) is 71.3 cm³/mol. The van der Waals surface area contributed by atoms with Gasteiger partial charge in [0.2, 0.25) is 11.7 Å². The highest BCUT2D eigenvalue weighted by Gasteiger charge is 2.08. The summed E-state index contributed by atoms with van der Waals surface area (Å²) in [5, 5.41) is 10.8. The first-order chi connectivity index (χ1) is 9.31. The van der Waals surface area contributed by atoms with Crippen molar-refractivity contribution in [3.05, 3.63) is 52.8 Å². The van der Waals surface area contributed by atoms with Crippen LogP contribution in [0.5, 0.6) is 0 Å². The predicted octanol–water partition coefficient (Wildman–Crippen LogP) is 3.55. The van der Waals surface area contributed by atoms with Gasteiger partial charge in [-0.25, -0.2) is 4.39 Å². The molecule has 4 nitrogen and oxygen atoms in total. The number of rotatable bonds is 4. The lowest BCUT2D eigenvalue weighted by atomic mass is 10.3. The molecule has 0 radical (unpaired) electrons. The molecule has 0 fully saturated rings. The largest absolute Gasteiger partial charge is 0.376 e. The maximum atomic E-state index is 13.0. The lowest BCUT2D eigenvalue weighted by Gasteiger charge is -2.02. The summed E-state index contributed by atoms with van der Waals surface area (Å²) in [6.07, 6.45) is 0. The van der Waals surface area contributed by atoms with Crippen molar-refractivity contribution in [3.8, 4) is 11.4 Å². The summed E-state index contributed by atoms with van der Waals surface area (Å²) in [6, 6.07) is 8.16. The second-order valence-electron chi connectivity index (χ2n) is 3.89. The molecular formula is C13H10FN3OS. The summed E-state index contributed by atoms with van der Waals surface area (Å²) in [5.74, 6) is 0.747. The van der Waals surface area contributed by atoms with Crippen LogP contribution in [0, 0.1) is 5.82 Å². The summed E-state index contributed by atoms with van der Waals surface area (Å²) in [4.78, 5) is 4.26. The van der Waals surface area contributed by atoms with Crippen molar-refractivity contribution < 1.29 is 8.91 Å². The zero-order valence-electron chi connectivity index (χ0n) is 9.84. The number of nitrogens with one attached hydrogen (secondary N) is 1. The van der Waals surface area contributed by atoms with E-state index in [2.05, 4.69) is 15.5 Å². The number of anilines is 1. The quantitative estimate of drug-likeness (QED) is 0.791. The van der Waals surface area contributed by atoms with E-state index in [1.54, 1.807) is 23.5 Å². The number of hydrogen-bond donors (Lipinski definition) is 1. The molecule has 1 N–H and O–H groups in total. The molecule has 0 aliphatic heterocycles. The van der Waals surface area contributed by atoms with Gasteiger partial charge in [-0.3, -0.25) is 0 Å². The van der Waals surface area contributed by atoms with E-state index in [9.17, 15) is 4.39 Å². The van der Waals surface area contributed by atoms with Crippen LogP contribution >= 0.6 is 11.3 Å². The Morgan fingerprint density at radius 3 is 3.05 bits per heavy atom. The third-order valence-corrected chi connectivity index (χ3v) is 3.20. The van der Waals surface area contributed by atoms with E-state index in [-0.39, 0.29) is 5.82 Å². The van der Waals surface area contributed by atoms with Gasteiger partial charge in [0.15, 0.2) is 0 Å². The topological polar surface area (TPSA) is 51.0 Å². The van der Waals surface area contributed by atoms with E-state index < -0.39 is 0 Å². The van der Waals surface area contributed by atoms with Crippen LogP contribution in [0.4, 0.5) is 10.1 Å². The number of halogens is 1. The summed E-state index contributed by atoms with van der Waals surface area (Å²) >= 11 is 1.58. The van der Waals surface area contributed by atoms with Crippen LogP contribution < -0.4 is 5.32 Å². The van der Waals surface area contributed by atoms with Gasteiger partial charge in [0.05, 0.1) is 6.54 Å². The Morgan fingerprint density at radius 2 is 2.26 bits per heavy atom. The monoisotopic (exact) mass is 275 g/mol. The molecule has 0 atom stereocenters. The highest BCUT2D eigenvalue weighted by Crippen LogP contribution is 2.19. The Morgan fingerprint density at radius 1 is 1.32 bits per heavy atom. The minimum atomic E-state index is -0.283. The standard InChI is InChI=1S/C13H10FN3OS/c14-10-2-1-3-11(6-10)15-7-12-16-13(17-18-12)9-4-5-19-8-9/h1-6,8,15H,7H2. The van der Waals surface area contributed by atoms with Crippen LogP contribution in [0.2, 0.25) is 0 Å². The fraction of sp³-hybridized carbons (Fsp3) is 0.0769. The SMILES string of the molecule is Fc1cccc(NCc2nc(-c3ccsc3)no2)c1. The molecule has 0 saturated carbocycles. The van der Waals surface area contributed by atoms with E-state index in [4.69, 9.17) is 4.52 Å². The fourth-order valence-electron chi connectivity index (χ4n) is 1.61. The van der Waals surface area contributed by atoms with Gasteiger partial charge in [-0.2, -0.15) is 16.3 Å². The van der Waals surface area contributed by atoms with E-state index in [1.807, 2.05) is 16.8 Å². The molecule has 0 spiro atoms. The van der Waals surface area contributed by atoms with Crippen molar-refractivity contribution in [2.24, 2.45) is 0 Å². The van der Waals surface area contributed by atoms with E-state index in [1.165, 1.54) is 12.1 Å². The Bertz CT molecular complexity index is 666. The highest BCUT2D eigenvalue weighted by molar-refractivity contribution is 7.08. The van der Waals surface area contributed by atoms with Gasteiger partial charge in [-0.1, -0.05) is 11.2 Å². The lowest BCUT2D eigenvalue weighted by molar-refractivity contribution is 0.384. The Balaban J connectivity index is 1.68. The molecule has 6 heteroatoms. The first-order valence-electron chi connectivity index (χ1n) is 5.66. The third-order valence-electron chi connectivity index (χ3n) is 2.52. The molecule has 2 heterocycles. The second-order valence-corrected chi connectivity index (χ2v) is 4.67. The van der Waals surface area contributed by atoms with Gasteiger partial charge in [0.25, 0.3) is 0 Å². The Kier molecular flexibility index (Phi) is 3.24. The summed E-state index contributed by atoms with van der Waals surface area (Å²) in [5.41, 5.74) is 1.61. The maximum absolute atomic E-state index is 13.0. The highest BCUT2D eigenvalue weighted by atomic mass is 32.1. The van der Waals surface area contributed by atoms with Crippen molar-refractivity contribution in [1.82, 2.24) is 10.1 Å². The molecule has 0 aliphatic rings. The second kappa shape index (κ2) is 5.19. The molecule has 0 aliphatic carbocycles. The molecule has 0 unspecified atom stereocenters. The van der Waals surface area contributed by atoms with E-state index >= 15 is 0 Å². The number of nitrogens with zero attached hydrogens (tertiary/aromatic N) is 2. The van der Waals surface area contributed by atoms with Gasteiger partial charge >= 0.3 is 0 Å². The van der Waals surface area contributed by atoms with Crippen LogP contribution in [-0.2, 0) is 6.54 Å². The molecule has 96 valence electrons. The van der Waals surface area contributed by atoms with Crippen molar-refractivity contribution in [2.75, 3.05) is 5.32 Å². The first kappa shape index (κ1) is 11.9. The van der Waals surface area contributed by atoms with Crippen molar-refractivity contribution in [1.29, 1.82) is 0 Å². The smallest absolute Gasteiger partial charge is 0.246 e. The number of benzene rings is 1. The fourth-order valence-corrected chi connectivity index (χ4v) is 2.25. The van der Waals surface area contributed by atoms with Gasteiger partial charge in [0.1, 0.15) is 5.82 Å². The van der Waals surface area contributed by atoms with Crippen LogP contribution in [0.15, 0.2) is 45.6 Å². The first-order valence-corrected chi connectivity index (χ1v) is 6.60. The number of hydrogen-bond acceptors (Lipinski definition) is 5. The van der Waals surface area contributed by atoms with Gasteiger partial charge in [0, 0.05) is 16.6 Å². The van der Waals surface area contributed by atoms with Gasteiger partial charge in [-0.05, 0) is 29.6 Å². The van der Waals surface area contributed by atoms with Crippen molar-refractivity contribution in [3.63, 3.8) is 0 Å². The molecular weight excluding hydrogens is 265 g/mol. The molecule has 2 aromatic heterocycles. The van der Waals surface area contributed by atoms with Crippen molar-refractivity contribution in [2.45, 2.75) is 6.54 Å². The normalized spacial score (nSPS) is 10.6. The van der Waals surface area contributed by atoms with Crippen molar-refractivity contribution >= 4 is 17.0 Å². The number of thiophene rings is 1. The Hall–Kier alpha value is -2.21. The van der Waals surface area contributed by atoms with Gasteiger partial charge in [-0.15, -0.1) is 0 Å². The summed E-state index contributed by atoms with van der Waals surface area (Å²) in [7, 11) is 0. The number of aromatic nitrogens is 2. The van der Waals surface area contributed by atoms with E-state index in [0.717, 1.165) is 5.56 Å². The van der Waals surface area contributed by atoms with Crippen LogP contribution in [0.25, 0.3) is 11.4 Å². The summed E-state index contributed by atoms with van der Waals surface area (Å²) < 4.78 is 18.1. The molecule has 1 aromatic carbocycles. The van der Waals surface area contributed by atoms with E-state index in [0.29, 0.717) is 23.9 Å². The lowest BCUT2D eigenvalue weighted by Crippen LogP contribution is -1.99. The molecule has 0 saturated heterocycles. The minimum absolute atomic E-state index is 0.283. The average molecular weight is 275 g/mol. The molecule has 19 heavy (non-hydrogen) atoms. The molecule has 3 rings (SSSR count). The van der Waals surface area contributed by atoms with Crippen LogP contribution in [0.3, 0.4) is 0 Å². The van der Waals surface area contributed by atoms with Crippen LogP contribution in [-0.4, -0.2) is 10.1 Å². The molecule has 0 amide bonds. The zero-order chi connectivity index (χ0) is 13.1. The maximum Gasteiger partial charge on any atom is 0.246 e. The summed E-state index contributed by atoms with van der Waals surface area (Å²) in [6.45, 7) is 0.362. The Labute approximate surface area is 112 Å². The van der Waals surface area contributed by atoms with Crippen LogP contribution in [0.1, 0.15) is 5.89 Å². The zero-order valence-corrected chi connectivity index (χ0v) is 10.7. The molecule has 0 bridgehead atoms. The van der Waals surface area contributed by atoms with Gasteiger partial charge < -0.3 is 9.84 Å². The third kappa shape index (κ3) is 2.79.